The minimum Gasteiger partial charge on any atom is -0.309 e. The van der Waals surface area contributed by atoms with Gasteiger partial charge in [-0.25, -0.2) is 0 Å². The summed E-state index contributed by atoms with van der Waals surface area (Å²) in [5, 5.41) is 5.38. The number of benzene rings is 5. The molecule has 1 heterocycles. The monoisotopic (exact) mass is 405 g/mol. The molecule has 0 radical (unpaired) electrons. The summed E-state index contributed by atoms with van der Waals surface area (Å²) in [6.07, 6.45) is 1.00. The van der Waals surface area contributed by atoms with Crippen molar-refractivity contribution in [2.24, 2.45) is 0 Å². The first-order chi connectivity index (χ1) is 15.9. The summed E-state index contributed by atoms with van der Waals surface area (Å²) in [5.74, 6) is 0. The zero-order chi connectivity index (χ0) is 20.8. The number of hydrogen-bond donors (Lipinski definition) is 0. The molecule has 6 aromatic rings. The van der Waals surface area contributed by atoms with E-state index in [9.17, 15) is 0 Å². The molecule has 0 atom stereocenters. The summed E-state index contributed by atoms with van der Waals surface area (Å²) in [6, 6.07) is 37.9. The quantitative estimate of drug-likeness (QED) is 0.263. The van der Waals surface area contributed by atoms with Crippen LogP contribution in [0.4, 0.5) is 0 Å². The second-order valence-electron chi connectivity index (χ2n) is 8.92. The molecule has 0 saturated heterocycles. The summed E-state index contributed by atoms with van der Waals surface area (Å²) < 4.78 is 2.47. The van der Waals surface area contributed by atoms with Crippen LogP contribution in [-0.4, -0.2) is 4.57 Å². The van der Waals surface area contributed by atoms with E-state index in [1.165, 1.54) is 71.7 Å². The molecule has 0 fully saturated rings. The molecule has 5 aromatic carbocycles. The Bertz CT molecular complexity index is 1740. The maximum absolute atomic E-state index is 2.47. The van der Waals surface area contributed by atoms with Gasteiger partial charge in [-0.3, -0.25) is 0 Å². The Morgan fingerprint density at radius 2 is 1.22 bits per heavy atom. The van der Waals surface area contributed by atoms with Crippen molar-refractivity contribution in [3.63, 3.8) is 0 Å². The van der Waals surface area contributed by atoms with Crippen LogP contribution in [0.3, 0.4) is 0 Å². The van der Waals surface area contributed by atoms with Crippen molar-refractivity contribution in [1.29, 1.82) is 0 Å². The number of aromatic nitrogens is 1. The van der Waals surface area contributed by atoms with Gasteiger partial charge in [-0.05, 0) is 63.2 Å². The van der Waals surface area contributed by atoms with Gasteiger partial charge in [-0.15, -0.1) is 0 Å². The average molecular weight is 406 g/mol. The lowest BCUT2D eigenvalue weighted by atomic mass is 9.94. The standard InChI is InChI=1S/C31H19N/c1-3-15-26-21(11-1)22-12-2-4-16-27(22)32(26)28-17-7-10-20-18-25-23-13-5-8-19-9-6-14-24(29(19)23)31(25)30(20)28/h1-17H,18H2. The van der Waals surface area contributed by atoms with Crippen LogP contribution >= 0.6 is 0 Å². The highest BCUT2D eigenvalue weighted by molar-refractivity contribution is 6.21. The zero-order valence-corrected chi connectivity index (χ0v) is 17.5. The van der Waals surface area contributed by atoms with Gasteiger partial charge in [-0.2, -0.15) is 0 Å². The minimum atomic E-state index is 1.00. The largest absolute Gasteiger partial charge is 0.309 e. The fraction of sp³-hybridized carbons (Fsp3) is 0.0323. The molecule has 32 heavy (non-hydrogen) atoms. The van der Waals surface area contributed by atoms with E-state index >= 15 is 0 Å². The minimum absolute atomic E-state index is 1.00. The Hall–Kier alpha value is -4.10. The molecule has 1 aromatic heterocycles. The van der Waals surface area contributed by atoms with Gasteiger partial charge < -0.3 is 4.57 Å². The lowest BCUT2D eigenvalue weighted by Gasteiger charge is -2.16. The summed E-state index contributed by atoms with van der Waals surface area (Å²) in [6.45, 7) is 0. The third-order valence-corrected chi connectivity index (χ3v) is 7.37. The summed E-state index contributed by atoms with van der Waals surface area (Å²) in [4.78, 5) is 0. The van der Waals surface area contributed by atoms with E-state index in [1.807, 2.05) is 0 Å². The third kappa shape index (κ3) is 1.90. The average Bonchev–Trinajstić information content (AvgIpc) is 3.49. The molecule has 0 unspecified atom stereocenters. The molecular weight excluding hydrogens is 386 g/mol. The fourth-order valence-electron chi connectivity index (χ4n) is 6.15. The van der Waals surface area contributed by atoms with Crippen LogP contribution in [0.1, 0.15) is 22.3 Å². The van der Waals surface area contributed by atoms with Crippen LogP contribution in [-0.2, 0) is 6.42 Å². The Morgan fingerprint density at radius 3 is 1.97 bits per heavy atom. The van der Waals surface area contributed by atoms with Crippen LogP contribution in [0.25, 0.3) is 49.4 Å². The van der Waals surface area contributed by atoms with E-state index in [4.69, 9.17) is 0 Å². The predicted octanol–water partition coefficient (Wildman–Crippen LogP) is 7.77. The predicted molar refractivity (Wildman–Crippen MR) is 134 cm³/mol. The van der Waals surface area contributed by atoms with Crippen molar-refractivity contribution in [2.45, 2.75) is 6.42 Å². The highest BCUT2D eigenvalue weighted by atomic mass is 15.0. The molecule has 0 amide bonds. The van der Waals surface area contributed by atoms with Gasteiger partial charge in [0.1, 0.15) is 0 Å². The number of allylic oxidation sites excluding steroid dienone is 1. The van der Waals surface area contributed by atoms with Crippen molar-refractivity contribution < 1.29 is 0 Å². The molecule has 0 saturated carbocycles. The smallest absolute Gasteiger partial charge is 0.0543 e. The first-order valence-corrected chi connectivity index (χ1v) is 11.3. The lowest BCUT2D eigenvalue weighted by Crippen LogP contribution is -2.01. The molecule has 0 N–H and O–H groups in total. The fourth-order valence-corrected chi connectivity index (χ4v) is 6.15. The van der Waals surface area contributed by atoms with E-state index in [0.717, 1.165) is 6.42 Å². The maximum Gasteiger partial charge on any atom is 0.0543 e. The van der Waals surface area contributed by atoms with Crippen molar-refractivity contribution in [3.05, 3.63) is 125 Å². The molecule has 2 aliphatic carbocycles. The van der Waals surface area contributed by atoms with Gasteiger partial charge >= 0.3 is 0 Å². The normalized spacial score (nSPS) is 14.0. The van der Waals surface area contributed by atoms with Crippen LogP contribution < -0.4 is 0 Å². The second kappa shape index (κ2) is 5.77. The van der Waals surface area contributed by atoms with E-state index in [0.29, 0.717) is 0 Å². The molecule has 1 nitrogen and oxygen atoms in total. The van der Waals surface area contributed by atoms with Crippen LogP contribution in [0.2, 0.25) is 0 Å². The molecule has 0 spiro atoms. The van der Waals surface area contributed by atoms with Gasteiger partial charge in [-0.1, -0.05) is 84.9 Å². The molecule has 148 valence electrons. The van der Waals surface area contributed by atoms with E-state index in [1.54, 1.807) is 0 Å². The van der Waals surface area contributed by atoms with Gasteiger partial charge in [0.05, 0.1) is 16.7 Å². The molecule has 1 heteroatoms. The van der Waals surface area contributed by atoms with Crippen molar-refractivity contribution in [1.82, 2.24) is 4.57 Å². The van der Waals surface area contributed by atoms with E-state index in [-0.39, 0.29) is 0 Å². The van der Waals surface area contributed by atoms with Crippen molar-refractivity contribution in [3.8, 4) is 5.69 Å². The molecule has 0 aliphatic heterocycles. The maximum atomic E-state index is 2.47. The van der Waals surface area contributed by atoms with Gasteiger partial charge in [0.25, 0.3) is 0 Å². The summed E-state index contributed by atoms with van der Waals surface area (Å²) in [5.41, 5.74) is 12.4. The Kier molecular flexibility index (Phi) is 2.99. The second-order valence-corrected chi connectivity index (χ2v) is 8.92. The topological polar surface area (TPSA) is 4.93 Å². The molecule has 0 bridgehead atoms. The SMILES string of the molecule is c1cc2c(c(-n3c4ccccc4c4ccccc43)c1)C1=C(C2)c2cccc3cccc1c23. The third-order valence-electron chi connectivity index (χ3n) is 7.37. The van der Waals surface area contributed by atoms with Crippen LogP contribution in [0.5, 0.6) is 0 Å². The summed E-state index contributed by atoms with van der Waals surface area (Å²) >= 11 is 0. The van der Waals surface area contributed by atoms with E-state index < -0.39 is 0 Å². The molecule has 8 rings (SSSR count). The first-order valence-electron chi connectivity index (χ1n) is 11.3. The first kappa shape index (κ1) is 16.6. The Morgan fingerprint density at radius 1 is 0.562 bits per heavy atom. The summed E-state index contributed by atoms with van der Waals surface area (Å²) in [7, 11) is 0. The number of rotatable bonds is 1. The number of fused-ring (bicyclic) bond motifs is 7. The number of hydrogen-bond acceptors (Lipinski definition) is 0. The van der Waals surface area contributed by atoms with Crippen LogP contribution in [0.15, 0.2) is 103 Å². The molecular formula is C31H19N. The molecule has 2 aliphatic rings. The van der Waals surface area contributed by atoms with Gasteiger partial charge in [0, 0.05) is 16.3 Å². The number of para-hydroxylation sites is 2. The highest BCUT2D eigenvalue weighted by Gasteiger charge is 2.33. The van der Waals surface area contributed by atoms with Gasteiger partial charge in [0.2, 0.25) is 0 Å². The Balaban J connectivity index is 1.51. The highest BCUT2D eigenvalue weighted by Crippen LogP contribution is 2.53. The lowest BCUT2D eigenvalue weighted by molar-refractivity contribution is 1.16. The number of nitrogens with zero attached hydrogens (tertiary/aromatic N) is 1. The van der Waals surface area contributed by atoms with Crippen LogP contribution in [0, 0.1) is 0 Å². The van der Waals surface area contributed by atoms with Crippen molar-refractivity contribution in [2.75, 3.05) is 0 Å². The van der Waals surface area contributed by atoms with Crippen molar-refractivity contribution >= 4 is 43.7 Å². The van der Waals surface area contributed by atoms with Gasteiger partial charge in [0.15, 0.2) is 0 Å². The Labute approximate surface area is 185 Å². The van der Waals surface area contributed by atoms with E-state index in [2.05, 4.69) is 108 Å². The zero-order valence-electron chi connectivity index (χ0n) is 17.5.